The Morgan fingerprint density at radius 2 is 1.96 bits per heavy atom. The highest BCUT2D eigenvalue weighted by atomic mass is 32.2. The predicted octanol–water partition coefficient (Wildman–Crippen LogP) is 1.59. The van der Waals surface area contributed by atoms with Gasteiger partial charge in [-0.1, -0.05) is 19.4 Å². The van der Waals surface area contributed by atoms with Crippen LogP contribution in [0.15, 0.2) is 29.2 Å². The smallest absolute Gasteiger partial charge is 0.251 e. The molecule has 1 heterocycles. The standard InChI is InChI=1S/C17H27N3O3S/c1-2-19-24(22,23)16-9-6-8-15(14-16)17(21)18-10-7-13-20-11-4-3-5-12-20/h6,8-9,14,19H,2-5,7,10-13H2,1H3,(H,18,21). The number of benzene rings is 1. The highest BCUT2D eigenvalue weighted by Crippen LogP contribution is 2.12. The van der Waals surface area contributed by atoms with Crippen molar-refractivity contribution in [1.29, 1.82) is 0 Å². The molecule has 0 radical (unpaired) electrons. The van der Waals surface area contributed by atoms with E-state index in [4.69, 9.17) is 0 Å². The highest BCUT2D eigenvalue weighted by molar-refractivity contribution is 7.89. The van der Waals surface area contributed by atoms with Crippen molar-refractivity contribution in [2.75, 3.05) is 32.7 Å². The number of carbonyl (C=O) groups excluding carboxylic acids is 1. The third-order valence-corrected chi connectivity index (χ3v) is 5.67. The number of nitrogens with one attached hydrogen (secondary N) is 2. The summed E-state index contributed by atoms with van der Waals surface area (Å²) in [6.45, 7) is 5.93. The minimum absolute atomic E-state index is 0.116. The van der Waals surface area contributed by atoms with E-state index in [1.807, 2.05) is 0 Å². The zero-order valence-corrected chi connectivity index (χ0v) is 15.1. The number of hydrogen-bond donors (Lipinski definition) is 2. The molecule has 6 nitrogen and oxygen atoms in total. The second kappa shape index (κ2) is 9.15. The van der Waals surface area contributed by atoms with Gasteiger partial charge in [-0.15, -0.1) is 0 Å². The maximum absolute atomic E-state index is 12.2. The zero-order valence-electron chi connectivity index (χ0n) is 14.3. The minimum Gasteiger partial charge on any atom is -0.352 e. The number of hydrogen-bond acceptors (Lipinski definition) is 4. The van der Waals surface area contributed by atoms with E-state index >= 15 is 0 Å². The van der Waals surface area contributed by atoms with Crippen molar-refractivity contribution >= 4 is 15.9 Å². The molecular weight excluding hydrogens is 326 g/mol. The second-order valence-electron chi connectivity index (χ2n) is 6.04. The molecule has 0 aromatic heterocycles. The molecule has 2 N–H and O–H groups in total. The summed E-state index contributed by atoms with van der Waals surface area (Å²) in [6.07, 6.45) is 4.75. The number of nitrogens with zero attached hydrogens (tertiary/aromatic N) is 1. The number of carbonyl (C=O) groups is 1. The average molecular weight is 353 g/mol. The van der Waals surface area contributed by atoms with Crippen LogP contribution in [0.2, 0.25) is 0 Å². The van der Waals surface area contributed by atoms with Gasteiger partial charge in [0.15, 0.2) is 0 Å². The first-order valence-electron chi connectivity index (χ1n) is 8.63. The number of sulfonamides is 1. The Hall–Kier alpha value is -1.44. The summed E-state index contributed by atoms with van der Waals surface area (Å²) in [5.74, 6) is -0.234. The molecule has 134 valence electrons. The number of rotatable bonds is 8. The van der Waals surface area contributed by atoms with Crippen molar-refractivity contribution in [2.45, 2.75) is 37.5 Å². The van der Waals surface area contributed by atoms with E-state index in [1.165, 1.54) is 31.4 Å². The van der Waals surface area contributed by atoms with Gasteiger partial charge in [0.1, 0.15) is 0 Å². The van der Waals surface area contributed by atoms with Crippen LogP contribution >= 0.6 is 0 Å². The fourth-order valence-electron chi connectivity index (χ4n) is 2.87. The fourth-order valence-corrected chi connectivity index (χ4v) is 3.95. The van der Waals surface area contributed by atoms with Crippen LogP contribution in [0.4, 0.5) is 0 Å². The molecule has 1 aliphatic rings. The highest BCUT2D eigenvalue weighted by Gasteiger charge is 2.15. The first-order valence-corrected chi connectivity index (χ1v) is 10.1. The van der Waals surface area contributed by atoms with Gasteiger partial charge in [-0.25, -0.2) is 13.1 Å². The molecule has 0 bridgehead atoms. The van der Waals surface area contributed by atoms with Crippen molar-refractivity contribution in [1.82, 2.24) is 14.9 Å². The van der Waals surface area contributed by atoms with Crippen LogP contribution in [-0.4, -0.2) is 51.9 Å². The van der Waals surface area contributed by atoms with E-state index in [9.17, 15) is 13.2 Å². The fraction of sp³-hybridized carbons (Fsp3) is 0.588. The summed E-state index contributed by atoms with van der Waals surface area (Å²) in [7, 11) is -3.54. The van der Waals surface area contributed by atoms with E-state index in [0.29, 0.717) is 18.7 Å². The van der Waals surface area contributed by atoms with E-state index in [0.717, 1.165) is 26.1 Å². The van der Waals surface area contributed by atoms with Gasteiger partial charge in [-0.2, -0.15) is 0 Å². The Bertz CT molecular complexity index is 640. The second-order valence-corrected chi connectivity index (χ2v) is 7.81. The Balaban J connectivity index is 1.83. The monoisotopic (exact) mass is 353 g/mol. The van der Waals surface area contributed by atoms with Gasteiger partial charge in [-0.05, 0) is 57.1 Å². The Kier molecular flexibility index (Phi) is 7.20. The van der Waals surface area contributed by atoms with Crippen LogP contribution in [0.1, 0.15) is 43.0 Å². The van der Waals surface area contributed by atoms with Crippen molar-refractivity contribution in [3.05, 3.63) is 29.8 Å². The molecule has 7 heteroatoms. The van der Waals surface area contributed by atoms with E-state index in [1.54, 1.807) is 19.1 Å². The van der Waals surface area contributed by atoms with Crippen LogP contribution in [-0.2, 0) is 10.0 Å². The van der Waals surface area contributed by atoms with E-state index < -0.39 is 10.0 Å². The van der Waals surface area contributed by atoms with Gasteiger partial charge in [0, 0.05) is 18.7 Å². The quantitative estimate of drug-likeness (QED) is 0.696. The Labute approximate surface area is 144 Å². The summed E-state index contributed by atoms with van der Waals surface area (Å²) in [4.78, 5) is 14.7. The van der Waals surface area contributed by atoms with Gasteiger partial charge < -0.3 is 10.2 Å². The molecule has 0 aliphatic carbocycles. The summed E-state index contributed by atoms with van der Waals surface area (Å²) in [5.41, 5.74) is 0.368. The van der Waals surface area contributed by atoms with Crippen molar-refractivity contribution in [2.24, 2.45) is 0 Å². The van der Waals surface area contributed by atoms with Gasteiger partial charge in [0.05, 0.1) is 4.90 Å². The first kappa shape index (κ1) is 18.9. The Morgan fingerprint density at radius 3 is 2.67 bits per heavy atom. The number of piperidine rings is 1. The lowest BCUT2D eigenvalue weighted by molar-refractivity contribution is 0.0951. The largest absolute Gasteiger partial charge is 0.352 e. The topological polar surface area (TPSA) is 78.5 Å². The van der Waals surface area contributed by atoms with Gasteiger partial charge in [-0.3, -0.25) is 4.79 Å². The molecule has 1 aromatic rings. The number of likely N-dealkylation sites (tertiary alicyclic amines) is 1. The predicted molar refractivity (Wildman–Crippen MR) is 94.5 cm³/mol. The van der Waals surface area contributed by atoms with Gasteiger partial charge in [0.25, 0.3) is 5.91 Å². The van der Waals surface area contributed by atoms with Crippen LogP contribution in [0, 0.1) is 0 Å². The molecule has 1 fully saturated rings. The normalized spacial score (nSPS) is 16.0. The summed E-state index contributed by atoms with van der Waals surface area (Å²) in [6, 6.07) is 6.13. The molecule has 0 unspecified atom stereocenters. The summed E-state index contributed by atoms with van der Waals surface area (Å²) < 4.78 is 26.4. The molecule has 24 heavy (non-hydrogen) atoms. The first-order chi connectivity index (χ1) is 11.5. The van der Waals surface area contributed by atoms with E-state index in [-0.39, 0.29) is 10.8 Å². The van der Waals surface area contributed by atoms with Crippen LogP contribution in [0.3, 0.4) is 0 Å². The molecular formula is C17H27N3O3S. The molecule has 0 atom stereocenters. The van der Waals surface area contributed by atoms with Gasteiger partial charge in [0.2, 0.25) is 10.0 Å². The lowest BCUT2D eigenvalue weighted by atomic mass is 10.1. The van der Waals surface area contributed by atoms with Gasteiger partial charge >= 0.3 is 0 Å². The van der Waals surface area contributed by atoms with Crippen molar-refractivity contribution in [3.63, 3.8) is 0 Å². The Morgan fingerprint density at radius 1 is 1.21 bits per heavy atom. The van der Waals surface area contributed by atoms with Crippen molar-refractivity contribution < 1.29 is 13.2 Å². The lowest BCUT2D eigenvalue weighted by Gasteiger charge is -2.26. The molecule has 1 saturated heterocycles. The van der Waals surface area contributed by atoms with Crippen molar-refractivity contribution in [3.8, 4) is 0 Å². The molecule has 0 saturated carbocycles. The molecule has 1 aliphatic heterocycles. The third-order valence-electron chi connectivity index (χ3n) is 4.13. The number of amides is 1. The third kappa shape index (κ3) is 5.58. The molecule has 1 aromatic carbocycles. The lowest BCUT2D eigenvalue weighted by Crippen LogP contribution is -2.33. The van der Waals surface area contributed by atoms with E-state index in [2.05, 4.69) is 14.9 Å². The molecule has 2 rings (SSSR count). The molecule has 1 amide bonds. The van der Waals surface area contributed by atoms with Crippen LogP contribution < -0.4 is 10.0 Å². The summed E-state index contributed by atoms with van der Waals surface area (Å²) >= 11 is 0. The zero-order chi connectivity index (χ0) is 17.4. The SMILES string of the molecule is CCNS(=O)(=O)c1cccc(C(=O)NCCCN2CCCCC2)c1. The maximum atomic E-state index is 12.2. The average Bonchev–Trinajstić information content (AvgIpc) is 2.59. The maximum Gasteiger partial charge on any atom is 0.251 e. The van der Waals surface area contributed by atoms with Crippen LogP contribution in [0.5, 0.6) is 0 Å². The molecule has 0 spiro atoms. The minimum atomic E-state index is -3.54. The van der Waals surface area contributed by atoms with Crippen LogP contribution in [0.25, 0.3) is 0 Å². The summed E-state index contributed by atoms with van der Waals surface area (Å²) in [5, 5.41) is 2.87.